The number of unbranched alkanes of at least 4 members (excludes halogenated alkanes) is 3. The first-order valence-electron chi connectivity index (χ1n) is 16.2. The molecule has 0 radical (unpaired) electrons. The van der Waals surface area contributed by atoms with Gasteiger partial charge in [-0.1, -0.05) is 0 Å². The molecule has 0 aromatic heterocycles. The van der Waals surface area contributed by atoms with Gasteiger partial charge in [0.2, 0.25) is 0 Å². The van der Waals surface area contributed by atoms with Crippen LogP contribution in [0.25, 0.3) is 0 Å². The molecule has 212 valence electrons. The van der Waals surface area contributed by atoms with Gasteiger partial charge in [-0.15, -0.1) is 0 Å². The second kappa shape index (κ2) is 15.1. The second-order valence-electron chi connectivity index (χ2n) is 13.9. The number of hydrogen-bond acceptors (Lipinski definition) is 2. The zero-order valence-electron chi connectivity index (χ0n) is 25.5. The normalized spacial score (nSPS) is 27.6. The number of benzene rings is 1. The Morgan fingerprint density at radius 2 is 1.43 bits per heavy atom. The Bertz CT molecular complexity index is 743. The van der Waals surface area contributed by atoms with Gasteiger partial charge in [-0.3, -0.25) is 0 Å². The topological polar surface area (TPSA) is 23.5 Å². The van der Waals surface area contributed by atoms with Gasteiger partial charge in [-0.05, 0) is 0 Å². The van der Waals surface area contributed by atoms with Crippen LogP contribution in [0, 0.1) is 23.7 Å². The van der Waals surface area contributed by atoms with E-state index in [1.807, 2.05) is 0 Å². The molecule has 1 aromatic carbocycles. The minimum absolute atomic E-state index is 0.0810. The van der Waals surface area contributed by atoms with Crippen LogP contribution >= 0.6 is 0 Å². The molecule has 1 saturated carbocycles. The van der Waals surface area contributed by atoms with E-state index in [9.17, 15) is 5.11 Å². The van der Waals surface area contributed by atoms with Gasteiger partial charge >= 0.3 is 236 Å². The minimum atomic E-state index is -2.24. The average molecular weight is 619 g/mol. The summed E-state index contributed by atoms with van der Waals surface area (Å²) in [6.45, 7) is 17.0. The monoisotopic (exact) mass is 619 g/mol. The van der Waals surface area contributed by atoms with Crippen molar-refractivity contribution in [3.8, 4) is 0 Å². The van der Waals surface area contributed by atoms with Crippen LogP contribution < -0.4 is 0 Å². The summed E-state index contributed by atoms with van der Waals surface area (Å²) < 4.78 is 6.50. The maximum absolute atomic E-state index is 11.2. The molecule has 1 aromatic rings. The van der Waals surface area contributed by atoms with Crippen LogP contribution in [0.3, 0.4) is 0 Å². The fourth-order valence-corrected chi connectivity index (χ4v) is 25.9. The average Bonchev–Trinajstić information content (AvgIpc) is 3.27. The van der Waals surface area contributed by atoms with E-state index >= 15 is 0 Å². The SMILES string of the molecule is CCC[CH2][Sn]([CH2]CCC)([CH2]CCC)[CH2][C@H]1CN(C(C)(C)[C@@H]2CC[C@@H](C)C[C@H]2O)C[C@@H]1Cc1ccccc1. The molecule has 1 heterocycles. The van der Waals surface area contributed by atoms with Gasteiger partial charge in [-0.2, -0.15) is 0 Å². The molecule has 1 saturated heterocycles. The molecule has 2 aliphatic rings. The summed E-state index contributed by atoms with van der Waals surface area (Å²) in [4.78, 5) is 2.87. The van der Waals surface area contributed by atoms with E-state index in [2.05, 4.69) is 76.8 Å². The van der Waals surface area contributed by atoms with Crippen molar-refractivity contribution in [3.05, 3.63) is 35.9 Å². The van der Waals surface area contributed by atoms with E-state index in [4.69, 9.17) is 0 Å². The first kappa shape index (κ1) is 31.5. The fraction of sp³-hybridized carbons (Fsp3) is 0.824. The van der Waals surface area contributed by atoms with Gasteiger partial charge in [0.05, 0.1) is 0 Å². The van der Waals surface area contributed by atoms with Crippen LogP contribution in [0.5, 0.6) is 0 Å². The molecule has 0 amide bonds. The molecular weight excluding hydrogens is 557 g/mol. The molecule has 0 spiro atoms. The molecule has 2 fully saturated rings. The van der Waals surface area contributed by atoms with E-state index in [1.54, 1.807) is 17.7 Å². The zero-order valence-corrected chi connectivity index (χ0v) is 28.3. The molecule has 0 bridgehead atoms. The van der Waals surface area contributed by atoms with E-state index in [1.165, 1.54) is 76.4 Å². The van der Waals surface area contributed by atoms with E-state index in [0.717, 1.165) is 18.3 Å². The van der Waals surface area contributed by atoms with E-state index in [-0.39, 0.29) is 11.6 Å². The molecule has 0 unspecified atom stereocenters. The molecule has 5 atom stereocenters. The summed E-state index contributed by atoms with van der Waals surface area (Å²) >= 11 is -2.24. The molecule has 3 rings (SSSR count). The Labute approximate surface area is 235 Å². The Morgan fingerprint density at radius 1 is 0.865 bits per heavy atom. The number of hydrogen-bond donors (Lipinski definition) is 1. The quantitative estimate of drug-likeness (QED) is 0.198. The molecular formula is C34H61NOSn. The van der Waals surface area contributed by atoms with Crippen LogP contribution in [-0.4, -0.2) is 53.1 Å². The summed E-state index contributed by atoms with van der Waals surface area (Å²) in [5.41, 5.74) is 1.61. The van der Waals surface area contributed by atoms with Crippen molar-refractivity contribution < 1.29 is 5.11 Å². The number of nitrogens with zero attached hydrogens (tertiary/aromatic N) is 1. The molecule has 1 N–H and O–H groups in total. The summed E-state index contributed by atoms with van der Waals surface area (Å²) in [5, 5.41) is 11.2. The Balaban J connectivity index is 1.86. The third-order valence-electron chi connectivity index (χ3n) is 10.6. The van der Waals surface area contributed by atoms with Gasteiger partial charge < -0.3 is 0 Å². The van der Waals surface area contributed by atoms with Crippen LogP contribution in [0.1, 0.15) is 105 Å². The predicted molar refractivity (Wildman–Crippen MR) is 165 cm³/mol. The Kier molecular flexibility index (Phi) is 12.8. The molecule has 3 heteroatoms. The van der Waals surface area contributed by atoms with Gasteiger partial charge in [0.1, 0.15) is 0 Å². The van der Waals surface area contributed by atoms with Gasteiger partial charge in [0.25, 0.3) is 0 Å². The second-order valence-corrected chi connectivity index (χ2v) is 27.9. The predicted octanol–water partition coefficient (Wildman–Crippen LogP) is 9.20. The standard InChI is InChI=1S/C22H34NO.3C4H9.Sn/c1-16-10-11-20(21(24)12-16)22(3,4)23-14-17(2)19(15-23)13-18-8-6-5-7-9-18;3*1-3-4-2;/h5-9,16-17,19-21,24H,2,10-15H2,1,3-4H3;3*1,3-4H2,2H3;/t16-,17+,19+,20-,21-;;;;/m1..../s1. The van der Waals surface area contributed by atoms with Crippen molar-refractivity contribution in [2.75, 3.05) is 13.1 Å². The maximum atomic E-state index is 11.2. The summed E-state index contributed by atoms with van der Waals surface area (Å²) in [6.07, 6.45) is 13.1. The van der Waals surface area contributed by atoms with Crippen LogP contribution in [0.2, 0.25) is 17.7 Å². The Morgan fingerprint density at radius 3 is 1.97 bits per heavy atom. The van der Waals surface area contributed by atoms with Crippen molar-refractivity contribution in [3.63, 3.8) is 0 Å². The molecule has 1 aliphatic carbocycles. The Hall–Kier alpha value is -0.0613. The van der Waals surface area contributed by atoms with Crippen molar-refractivity contribution in [2.24, 2.45) is 23.7 Å². The third kappa shape index (κ3) is 8.71. The van der Waals surface area contributed by atoms with E-state index < -0.39 is 18.4 Å². The first-order valence-corrected chi connectivity index (χ1v) is 24.3. The van der Waals surface area contributed by atoms with Gasteiger partial charge in [0, 0.05) is 0 Å². The van der Waals surface area contributed by atoms with Crippen molar-refractivity contribution in [1.82, 2.24) is 4.90 Å². The number of aliphatic hydroxyl groups is 1. The summed E-state index contributed by atoms with van der Waals surface area (Å²) in [6, 6.07) is 11.3. The van der Waals surface area contributed by atoms with Gasteiger partial charge in [0.15, 0.2) is 0 Å². The van der Waals surface area contributed by atoms with Crippen molar-refractivity contribution in [2.45, 2.75) is 135 Å². The number of rotatable bonds is 15. The van der Waals surface area contributed by atoms with Gasteiger partial charge in [-0.25, -0.2) is 0 Å². The summed E-state index contributed by atoms with van der Waals surface area (Å²) in [5.74, 6) is 2.70. The number of likely N-dealkylation sites (tertiary alicyclic amines) is 1. The third-order valence-corrected chi connectivity index (χ3v) is 26.7. The number of aliphatic hydroxyl groups excluding tert-OH is 1. The van der Waals surface area contributed by atoms with Crippen molar-refractivity contribution >= 4 is 18.4 Å². The van der Waals surface area contributed by atoms with Crippen molar-refractivity contribution in [1.29, 1.82) is 0 Å². The van der Waals surface area contributed by atoms with Crippen LogP contribution in [0.4, 0.5) is 0 Å². The zero-order chi connectivity index (χ0) is 26.9. The molecule has 1 aliphatic heterocycles. The summed E-state index contributed by atoms with van der Waals surface area (Å²) in [7, 11) is 0. The fourth-order valence-electron chi connectivity index (χ4n) is 8.09. The first-order chi connectivity index (χ1) is 17.7. The van der Waals surface area contributed by atoms with Crippen LogP contribution in [0.15, 0.2) is 30.3 Å². The molecule has 37 heavy (non-hydrogen) atoms. The molecule has 2 nitrogen and oxygen atoms in total. The van der Waals surface area contributed by atoms with E-state index in [0.29, 0.717) is 11.8 Å². The van der Waals surface area contributed by atoms with Crippen LogP contribution in [-0.2, 0) is 6.42 Å².